The lowest BCUT2D eigenvalue weighted by molar-refractivity contribution is 0.552. The van der Waals surface area contributed by atoms with Gasteiger partial charge in [0.15, 0.2) is 0 Å². The molecule has 1 aliphatic rings. The topological polar surface area (TPSA) is 28.2 Å². The Labute approximate surface area is 130 Å². The molecule has 0 amide bonds. The van der Waals surface area contributed by atoms with E-state index >= 15 is 0 Å². The van der Waals surface area contributed by atoms with Crippen LogP contribution < -0.4 is 10.2 Å². The standard InChI is InChI=1S/C18H31N3/c1-5-17-9-16(12-19-11-14(3)4)10-18(20-17)21(6-2)13-15-7-8-15/h9-10,14-15,19H,5-8,11-13H2,1-4H3. The highest BCUT2D eigenvalue weighted by molar-refractivity contribution is 5.43. The highest BCUT2D eigenvalue weighted by Gasteiger charge is 2.24. The van der Waals surface area contributed by atoms with Crippen molar-refractivity contribution in [3.63, 3.8) is 0 Å². The van der Waals surface area contributed by atoms with Gasteiger partial charge >= 0.3 is 0 Å². The van der Waals surface area contributed by atoms with Gasteiger partial charge in [-0.05, 0) is 62.3 Å². The van der Waals surface area contributed by atoms with E-state index in [0.717, 1.165) is 32.0 Å². The van der Waals surface area contributed by atoms with Crippen molar-refractivity contribution in [1.29, 1.82) is 0 Å². The van der Waals surface area contributed by atoms with Gasteiger partial charge in [0.25, 0.3) is 0 Å². The molecule has 0 spiro atoms. The summed E-state index contributed by atoms with van der Waals surface area (Å²) >= 11 is 0. The van der Waals surface area contributed by atoms with Crippen molar-refractivity contribution in [2.24, 2.45) is 11.8 Å². The first-order valence-electron chi connectivity index (χ1n) is 8.57. The van der Waals surface area contributed by atoms with Crippen molar-refractivity contribution in [1.82, 2.24) is 10.3 Å². The molecule has 1 N–H and O–H groups in total. The van der Waals surface area contributed by atoms with Gasteiger partial charge < -0.3 is 10.2 Å². The average molecular weight is 289 g/mol. The number of nitrogens with zero attached hydrogens (tertiary/aromatic N) is 2. The minimum absolute atomic E-state index is 0.693. The maximum Gasteiger partial charge on any atom is 0.129 e. The molecule has 1 saturated carbocycles. The van der Waals surface area contributed by atoms with Crippen LogP contribution in [0.15, 0.2) is 12.1 Å². The third kappa shape index (κ3) is 5.31. The molecule has 0 unspecified atom stereocenters. The second kappa shape index (κ2) is 7.79. The summed E-state index contributed by atoms with van der Waals surface area (Å²) < 4.78 is 0. The van der Waals surface area contributed by atoms with Gasteiger partial charge in [0.2, 0.25) is 0 Å². The first-order valence-corrected chi connectivity index (χ1v) is 8.57. The van der Waals surface area contributed by atoms with Crippen LogP contribution >= 0.6 is 0 Å². The SMILES string of the molecule is CCc1cc(CNCC(C)C)cc(N(CC)CC2CC2)n1. The normalized spacial score (nSPS) is 14.7. The van der Waals surface area contributed by atoms with Gasteiger partial charge in [-0.1, -0.05) is 20.8 Å². The van der Waals surface area contributed by atoms with Crippen molar-refractivity contribution in [3.05, 3.63) is 23.4 Å². The van der Waals surface area contributed by atoms with E-state index in [-0.39, 0.29) is 0 Å². The molecule has 118 valence electrons. The minimum Gasteiger partial charge on any atom is -0.357 e. The molecule has 0 saturated heterocycles. The van der Waals surface area contributed by atoms with Crippen molar-refractivity contribution in [2.75, 3.05) is 24.5 Å². The lowest BCUT2D eigenvalue weighted by Crippen LogP contribution is -2.27. The maximum atomic E-state index is 4.85. The van der Waals surface area contributed by atoms with Crippen LogP contribution in [0.1, 0.15) is 51.8 Å². The molecule has 0 aromatic carbocycles. The maximum absolute atomic E-state index is 4.85. The number of aromatic nitrogens is 1. The third-order valence-electron chi connectivity index (χ3n) is 4.05. The van der Waals surface area contributed by atoms with Gasteiger partial charge in [0, 0.05) is 25.3 Å². The molecule has 0 aliphatic heterocycles. The molecule has 21 heavy (non-hydrogen) atoms. The molecule has 0 atom stereocenters. The Bertz CT molecular complexity index is 438. The molecule has 0 radical (unpaired) electrons. The Hall–Kier alpha value is -1.09. The molecule has 1 aromatic heterocycles. The number of anilines is 1. The molecule has 3 nitrogen and oxygen atoms in total. The van der Waals surface area contributed by atoms with Gasteiger partial charge in [-0.2, -0.15) is 0 Å². The number of rotatable bonds is 9. The lowest BCUT2D eigenvalue weighted by atomic mass is 10.1. The van der Waals surface area contributed by atoms with E-state index in [4.69, 9.17) is 4.98 Å². The fourth-order valence-corrected chi connectivity index (χ4v) is 2.58. The molecule has 2 rings (SSSR count). The highest BCUT2D eigenvalue weighted by Crippen LogP contribution is 2.31. The quantitative estimate of drug-likeness (QED) is 0.752. The van der Waals surface area contributed by atoms with Crippen LogP contribution in [-0.2, 0) is 13.0 Å². The van der Waals surface area contributed by atoms with E-state index in [1.54, 1.807) is 0 Å². The smallest absolute Gasteiger partial charge is 0.129 e. The van der Waals surface area contributed by atoms with E-state index in [2.05, 4.69) is 50.0 Å². The molecule has 1 aliphatic carbocycles. The summed E-state index contributed by atoms with van der Waals surface area (Å²) in [6.45, 7) is 13.2. The summed E-state index contributed by atoms with van der Waals surface area (Å²) in [4.78, 5) is 7.29. The summed E-state index contributed by atoms with van der Waals surface area (Å²) in [5, 5.41) is 3.54. The van der Waals surface area contributed by atoms with E-state index in [1.165, 1.54) is 36.5 Å². The van der Waals surface area contributed by atoms with Gasteiger partial charge in [-0.25, -0.2) is 4.98 Å². The van der Waals surface area contributed by atoms with Gasteiger partial charge in [0.1, 0.15) is 5.82 Å². The van der Waals surface area contributed by atoms with Crippen LogP contribution in [0.25, 0.3) is 0 Å². The number of hydrogen-bond donors (Lipinski definition) is 1. The second-order valence-corrected chi connectivity index (χ2v) is 6.69. The van der Waals surface area contributed by atoms with Crippen molar-refractivity contribution in [2.45, 2.75) is 53.5 Å². The Kier molecular flexibility index (Phi) is 6.04. The summed E-state index contributed by atoms with van der Waals surface area (Å²) in [6, 6.07) is 4.53. The predicted octanol–water partition coefficient (Wildman–Crippen LogP) is 3.63. The van der Waals surface area contributed by atoms with E-state index in [9.17, 15) is 0 Å². The zero-order valence-corrected chi connectivity index (χ0v) is 14.2. The van der Waals surface area contributed by atoms with E-state index < -0.39 is 0 Å². The first kappa shape index (κ1) is 16.3. The fraction of sp³-hybridized carbons (Fsp3) is 0.722. The van der Waals surface area contributed by atoms with Gasteiger partial charge in [0.05, 0.1) is 0 Å². The summed E-state index contributed by atoms with van der Waals surface area (Å²) in [7, 11) is 0. The van der Waals surface area contributed by atoms with Crippen LogP contribution in [0.5, 0.6) is 0 Å². The fourth-order valence-electron chi connectivity index (χ4n) is 2.58. The molecule has 1 fully saturated rings. The Balaban J connectivity index is 2.07. The van der Waals surface area contributed by atoms with Crippen LogP contribution in [-0.4, -0.2) is 24.6 Å². The van der Waals surface area contributed by atoms with Gasteiger partial charge in [-0.15, -0.1) is 0 Å². The molecule has 1 heterocycles. The molecular weight excluding hydrogens is 258 g/mol. The van der Waals surface area contributed by atoms with Gasteiger partial charge in [-0.3, -0.25) is 0 Å². The van der Waals surface area contributed by atoms with Crippen LogP contribution in [0.2, 0.25) is 0 Å². The average Bonchev–Trinajstić information content (AvgIpc) is 3.28. The van der Waals surface area contributed by atoms with E-state index in [0.29, 0.717) is 5.92 Å². The number of nitrogens with one attached hydrogen (secondary N) is 1. The Morgan fingerprint density at radius 2 is 2.05 bits per heavy atom. The largest absolute Gasteiger partial charge is 0.357 e. The zero-order valence-electron chi connectivity index (χ0n) is 14.2. The molecular formula is C18H31N3. The zero-order chi connectivity index (χ0) is 15.2. The first-order chi connectivity index (χ1) is 10.1. The van der Waals surface area contributed by atoms with Crippen molar-refractivity contribution < 1.29 is 0 Å². The Morgan fingerprint density at radius 1 is 1.29 bits per heavy atom. The molecule has 0 bridgehead atoms. The highest BCUT2D eigenvalue weighted by atomic mass is 15.2. The number of pyridine rings is 1. The second-order valence-electron chi connectivity index (χ2n) is 6.69. The summed E-state index contributed by atoms with van der Waals surface area (Å²) in [6.07, 6.45) is 3.80. The molecule has 3 heteroatoms. The predicted molar refractivity (Wildman–Crippen MR) is 90.8 cm³/mol. The van der Waals surface area contributed by atoms with Crippen LogP contribution in [0.3, 0.4) is 0 Å². The number of hydrogen-bond acceptors (Lipinski definition) is 3. The van der Waals surface area contributed by atoms with Crippen LogP contribution in [0, 0.1) is 11.8 Å². The summed E-state index contributed by atoms with van der Waals surface area (Å²) in [5.74, 6) is 2.77. The molecule has 1 aromatic rings. The summed E-state index contributed by atoms with van der Waals surface area (Å²) in [5.41, 5.74) is 2.58. The Morgan fingerprint density at radius 3 is 2.62 bits per heavy atom. The minimum atomic E-state index is 0.693. The monoisotopic (exact) mass is 289 g/mol. The number of aryl methyl sites for hydroxylation is 1. The van der Waals surface area contributed by atoms with Crippen molar-refractivity contribution >= 4 is 5.82 Å². The van der Waals surface area contributed by atoms with Crippen molar-refractivity contribution in [3.8, 4) is 0 Å². The third-order valence-corrected chi connectivity index (χ3v) is 4.05. The van der Waals surface area contributed by atoms with Crippen LogP contribution in [0.4, 0.5) is 5.82 Å². The van der Waals surface area contributed by atoms with E-state index in [1.807, 2.05) is 0 Å². The lowest BCUT2D eigenvalue weighted by Gasteiger charge is -2.23.